The van der Waals surface area contributed by atoms with E-state index < -0.39 is 5.97 Å². The molecule has 8 heteroatoms. The lowest BCUT2D eigenvalue weighted by Crippen LogP contribution is -2.51. The number of hydrogen-bond donors (Lipinski definition) is 1. The SMILES string of the molecule is O=C(O)C1=CS[C@@H]2C(=Cc3ccc4nc5n(c4c3)CCS5)C(=O)N12. The summed E-state index contributed by atoms with van der Waals surface area (Å²) in [6.07, 6.45) is 1.86. The molecule has 3 aliphatic heterocycles. The van der Waals surface area contributed by atoms with Crippen LogP contribution in [0.4, 0.5) is 0 Å². The van der Waals surface area contributed by atoms with Crippen molar-refractivity contribution in [3.63, 3.8) is 0 Å². The minimum absolute atomic E-state index is 0.0632. The topological polar surface area (TPSA) is 75.4 Å². The highest BCUT2D eigenvalue weighted by atomic mass is 32.2. The van der Waals surface area contributed by atoms with Crippen molar-refractivity contribution in [2.24, 2.45) is 0 Å². The van der Waals surface area contributed by atoms with E-state index in [0.717, 1.165) is 34.1 Å². The molecule has 0 aliphatic carbocycles. The maximum Gasteiger partial charge on any atom is 0.353 e. The van der Waals surface area contributed by atoms with Gasteiger partial charge in [0.2, 0.25) is 0 Å². The molecule has 0 saturated carbocycles. The van der Waals surface area contributed by atoms with Crippen LogP contribution in [0, 0.1) is 0 Å². The molecule has 24 heavy (non-hydrogen) atoms. The second kappa shape index (κ2) is 4.90. The molecule has 4 heterocycles. The average molecular weight is 357 g/mol. The maximum atomic E-state index is 12.3. The number of amides is 1. The summed E-state index contributed by atoms with van der Waals surface area (Å²) in [7, 11) is 0. The summed E-state index contributed by atoms with van der Waals surface area (Å²) in [6, 6.07) is 5.97. The zero-order valence-electron chi connectivity index (χ0n) is 12.3. The third kappa shape index (κ3) is 1.83. The molecule has 3 aliphatic rings. The normalized spacial score (nSPS) is 23.4. The first-order chi connectivity index (χ1) is 11.6. The summed E-state index contributed by atoms with van der Waals surface area (Å²) >= 11 is 3.11. The molecule has 1 fully saturated rings. The van der Waals surface area contributed by atoms with Gasteiger partial charge in [0.15, 0.2) is 5.16 Å². The van der Waals surface area contributed by atoms with Crippen LogP contribution >= 0.6 is 23.5 Å². The number of carboxylic acid groups (broad SMARTS) is 1. The third-order valence-corrected chi connectivity index (χ3v) is 6.40. The average Bonchev–Trinajstić information content (AvgIpc) is 3.24. The van der Waals surface area contributed by atoms with Gasteiger partial charge in [0.25, 0.3) is 5.91 Å². The maximum absolute atomic E-state index is 12.3. The van der Waals surface area contributed by atoms with E-state index in [4.69, 9.17) is 5.11 Å². The molecular weight excluding hydrogens is 346 g/mol. The van der Waals surface area contributed by atoms with Crippen LogP contribution in [0.3, 0.4) is 0 Å². The lowest BCUT2D eigenvalue weighted by atomic mass is 10.0. The van der Waals surface area contributed by atoms with E-state index in [0.29, 0.717) is 5.57 Å². The van der Waals surface area contributed by atoms with Crippen molar-refractivity contribution in [2.75, 3.05) is 5.75 Å². The minimum Gasteiger partial charge on any atom is -0.477 e. The van der Waals surface area contributed by atoms with E-state index >= 15 is 0 Å². The van der Waals surface area contributed by atoms with E-state index in [-0.39, 0.29) is 17.0 Å². The van der Waals surface area contributed by atoms with Crippen molar-refractivity contribution >= 4 is 52.5 Å². The van der Waals surface area contributed by atoms with Crippen LogP contribution in [0.25, 0.3) is 17.1 Å². The van der Waals surface area contributed by atoms with Gasteiger partial charge in [0, 0.05) is 17.7 Å². The summed E-state index contributed by atoms with van der Waals surface area (Å²) in [5.41, 5.74) is 3.69. The molecule has 1 saturated heterocycles. The summed E-state index contributed by atoms with van der Waals surface area (Å²) < 4.78 is 2.20. The predicted molar refractivity (Wildman–Crippen MR) is 92.4 cm³/mol. The zero-order chi connectivity index (χ0) is 16.4. The van der Waals surface area contributed by atoms with Gasteiger partial charge >= 0.3 is 5.97 Å². The van der Waals surface area contributed by atoms with Crippen LogP contribution in [-0.2, 0) is 16.1 Å². The second-order valence-corrected chi connectivity index (χ2v) is 7.73. The number of β-lactam (4-membered cyclic amide) rings is 1. The Kier molecular flexibility index (Phi) is 2.90. The van der Waals surface area contributed by atoms with Crippen LogP contribution in [0.1, 0.15) is 5.56 Å². The number of benzene rings is 1. The summed E-state index contributed by atoms with van der Waals surface area (Å²) in [5, 5.41) is 11.5. The van der Waals surface area contributed by atoms with E-state index in [2.05, 4.69) is 9.55 Å². The molecule has 1 aromatic carbocycles. The van der Waals surface area contributed by atoms with Crippen molar-refractivity contribution < 1.29 is 14.7 Å². The number of aliphatic carboxylic acids is 1. The van der Waals surface area contributed by atoms with Crippen molar-refractivity contribution in [2.45, 2.75) is 17.1 Å². The number of carbonyl (C=O) groups is 2. The van der Waals surface area contributed by atoms with Crippen LogP contribution in [-0.4, -0.2) is 42.6 Å². The molecular formula is C16H11N3O3S2. The molecule has 1 N–H and O–H groups in total. The number of aromatic nitrogens is 2. The predicted octanol–water partition coefficient (Wildman–Crippen LogP) is 2.37. The molecule has 0 bridgehead atoms. The Bertz CT molecular complexity index is 992. The Morgan fingerprint density at radius 2 is 2.29 bits per heavy atom. The quantitative estimate of drug-likeness (QED) is 0.657. The Hall–Kier alpha value is -2.19. The van der Waals surface area contributed by atoms with Gasteiger partial charge in [-0.3, -0.25) is 9.69 Å². The smallest absolute Gasteiger partial charge is 0.353 e. The molecule has 0 radical (unpaired) electrons. The van der Waals surface area contributed by atoms with Gasteiger partial charge in [0.05, 0.1) is 16.6 Å². The van der Waals surface area contributed by atoms with Gasteiger partial charge in [-0.1, -0.05) is 17.8 Å². The Morgan fingerprint density at radius 3 is 3.12 bits per heavy atom. The van der Waals surface area contributed by atoms with Gasteiger partial charge in [-0.2, -0.15) is 0 Å². The molecule has 0 unspecified atom stereocenters. The van der Waals surface area contributed by atoms with Crippen LogP contribution in [0.2, 0.25) is 0 Å². The highest BCUT2D eigenvalue weighted by molar-refractivity contribution is 8.03. The van der Waals surface area contributed by atoms with Crippen molar-refractivity contribution in [3.05, 3.63) is 40.4 Å². The Labute approximate surface area is 145 Å². The lowest BCUT2D eigenvalue weighted by molar-refractivity contribution is -0.141. The first kappa shape index (κ1) is 14.2. The summed E-state index contributed by atoms with van der Waals surface area (Å²) in [5.74, 6) is -0.252. The van der Waals surface area contributed by atoms with Gasteiger partial charge in [-0.05, 0) is 23.8 Å². The number of thioether (sulfide) groups is 2. The van der Waals surface area contributed by atoms with E-state index in [1.54, 1.807) is 11.8 Å². The fourth-order valence-corrected chi connectivity index (χ4v) is 5.29. The summed E-state index contributed by atoms with van der Waals surface area (Å²) in [4.78, 5) is 29.3. The number of hydrogen-bond acceptors (Lipinski definition) is 5. The Balaban J connectivity index is 1.50. The van der Waals surface area contributed by atoms with Crippen LogP contribution < -0.4 is 0 Å². The minimum atomic E-state index is -1.06. The molecule has 5 rings (SSSR count). The van der Waals surface area contributed by atoms with Crippen molar-refractivity contribution in [1.82, 2.24) is 14.5 Å². The summed E-state index contributed by atoms with van der Waals surface area (Å²) in [6.45, 7) is 0.952. The second-order valence-electron chi connectivity index (χ2n) is 5.71. The van der Waals surface area contributed by atoms with Crippen molar-refractivity contribution in [3.8, 4) is 0 Å². The fourth-order valence-electron chi connectivity index (χ4n) is 3.21. The largest absolute Gasteiger partial charge is 0.477 e. The van der Waals surface area contributed by atoms with Crippen LogP contribution in [0.5, 0.6) is 0 Å². The van der Waals surface area contributed by atoms with E-state index in [9.17, 15) is 9.59 Å². The van der Waals surface area contributed by atoms with E-state index in [1.807, 2.05) is 24.3 Å². The Morgan fingerprint density at radius 1 is 1.42 bits per heavy atom. The zero-order valence-corrected chi connectivity index (χ0v) is 13.9. The number of imidazole rings is 1. The monoisotopic (exact) mass is 357 g/mol. The number of carboxylic acids is 1. The van der Waals surface area contributed by atoms with Gasteiger partial charge < -0.3 is 9.67 Å². The number of fused-ring (bicyclic) bond motifs is 4. The molecule has 6 nitrogen and oxygen atoms in total. The van der Waals surface area contributed by atoms with Gasteiger partial charge in [-0.15, -0.1) is 11.8 Å². The molecule has 1 aromatic heterocycles. The number of carbonyl (C=O) groups excluding carboxylic acids is 1. The van der Waals surface area contributed by atoms with Crippen LogP contribution in [0.15, 0.2) is 40.0 Å². The molecule has 1 amide bonds. The molecule has 120 valence electrons. The first-order valence-electron chi connectivity index (χ1n) is 7.40. The van der Waals surface area contributed by atoms with Gasteiger partial charge in [0.1, 0.15) is 11.1 Å². The fraction of sp³-hybridized carbons (Fsp3) is 0.188. The molecule has 1 atom stereocenters. The lowest BCUT2D eigenvalue weighted by Gasteiger charge is -2.37. The molecule has 2 aromatic rings. The van der Waals surface area contributed by atoms with E-state index in [1.165, 1.54) is 22.1 Å². The number of aryl methyl sites for hydroxylation is 1. The standard InChI is InChI=1S/C16H11N3O3S2/c20-13-9(14-19(13)12(7-24-14)15(21)22)5-8-1-2-10-11(6-8)18-3-4-23-16(18)17-10/h1-2,5-7,14H,3-4H2,(H,21,22)/t14-/m1/s1. The number of rotatable bonds is 2. The highest BCUT2D eigenvalue weighted by Gasteiger charge is 2.49. The first-order valence-corrected chi connectivity index (χ1v) is 9.33. The van der Waals surface area contributed by atoms with Gasteiger partial charge in [-0.25, -0.2) is 9.78 Å². The number of nitrogens with zero attached hydrogens (tertiary/aromatic N) is 3. The van der Waals surface area contributed by atoms with Crippen molar-refractivity contribution in [1.29, 1.82) is 0 Å². The third-order valence-electron chi connectivity index (χ3n) is 4.36. The molecule has 0 spiro atoms. The highest BCUT2D eigenvalue weighted by Crippen LogP contribution is 2.45.